The molecule has 1 aliphatic heterocycles. The van der Waals surface area contributed by atoms with E-state index in [0.29, 0.717) is 22.6 Å². The molecule has 8 nitrogen and oxygen atoms in total. The van der Waals surface area contributed by atoms with Crippen LogP contribution in [0.5, 0.6) is 0 Å². The van der Waals surface area contributed by atoms with Crippen molar-refractivity contribution < 1.29 is 19.1 Å². The van der Waals surface area contributed by atoms with Crippen LogP contribution in [0.15, 0.2) is 18.2 Å². The van der Waals surface area contributed by atoms with Gasteiger partial charge in [-0.05, 0) is 25.1 Å². The van der Waals surface area contributed by atoms with Gasteiger partial charge in [0.2, 0.25) is 11.8 Å². The van der Waals surface area contributed by atoms with Gasteiger partial charge in [0.05, 0.1) is 28.6 Å². The van der Waals surface area contributed by atoms with Crippen molar-refractivity contribution in [1.29, 1.82) is 0 Å². The molecule has 10 heteroatoms. The number of carbonyl (C=O) groups is 3. The van der Waals surface area contributed by atoms with Gasteiger partial charge in [0.1, 0.15) is 5.50 Å². The summed E-state index contributed by atoms with van der Waals surface area (Å²) in [5.41, 5.74) is 0.848. The molecular weight excluding hydrogens is 376 g/mol. The zero-order valence-corrected chi connectivity index (χ0v) is 15.8. The molecule has 0 bridgehead atoms. The van der Waals surface area contributed by atoms with Crippen LogP contribution in [0.4, 0.5) is 5.13 Å². The number of rotatable bonds is 5. The molecule has 2 heterocycles. The van der Waals surface area contributed by atoms with E-state index in [1.807, 2.05) is 6.92 Å². The molecule has 0 spiro atoms. The monoisotopic (exact) mass is 394 g/mol. The van der Waals surface area contributed by atoms with Crippen molar-refractivity contribution in [3.05, 3.63) is 23.8 Å². The van der Waals surface area contributed by atoms with E-state index in [4.69, 9.17) is 4.74 Å². The molecule has 3 N–H and O–H groups in total. The van der Waals surface area contributed by atoms with Crippen molar-refractivity contribution in [2.24, 2.45) is 0 Å². The van der Waals surface area contributed by atoms with Crippen molar-refractivity contribution in [2.45, 2.75) is 24.9 Å². The number of anilines is 1. The van der Waals surface area contributed by atoms with Crippen LogP contribution in [-0.2, 0) is 14.3 Å². The fourth-order valence-corrected chi connectivity index (χ4v) is 4.32. The van der Waals surface area contributed by atoms with E-state index >= 15 is 0 Å². The highest BCUT2D eigenvalue weighted by molar-refractivity contribution is 8.00. The number of nitrogens with zero attached hydrogens (tertiary/aromatic N) is 1. The van der Waals surface area contributed by atoms with E-state index in [2.05, 4.69) is 20.9 Å². The molecule has 1 saturated heterocycles. The number of thioether (sulfide) groups is 1. The number of fused-ring (bicyclic) bond motifs is 1. The van der Waals surface area contributed by atoms with Crippen molar-refractivity contribution in [3.63, 3.8) is 0 Å². The highest BCUT2D eigenvalue weighted by Crippen LogP contribution is 2.27. The van der Waals surface area contributed by atoms with Gasteiger partial charge in [0.15, 0.2) is 5.13 Å². The standard InChI is InChI=1S/C16H18N4O4S2/c1-8-5-12(21)19-15(17-8)25-7-13(22)20-16-18-10-4-3-9(14(23)24-2)6-11(10)26-16/h3-4,6,8,15,17H,5,7H2,1-2H3,(H,19,21)(H,18,20,22). The van der Waals surface area contributed by atoms with E-state index < -0.39 is 5.97 Å². The lowest BCUT2D eigenvalue weighted by atomic mass is 10.2. The lowest BCUT2D eigenvalue weighted by Crippen LogP contribution is -2.53. The third kappa shape index (κ3) is 4.51. The van der Waals surface area contributed by atoms with Crippen LogP contribution in [0.3, 0.4) is 0 Å². The Morgan fingerprint density at radius 1 is 1.46 bits per heavy atom. The summed E-state index contributed by atoms with van der Waals surface area (Å²) in [6.45, 7) is 1.93. The van der Waals surface area contributed by atoms with Gasteiger partial charge in [-0.15, -0.1) is 11.8 Å². The maximum atomic E-state index is 12.1. The fourth-order valence-electron chi connectivity index (χ4n) is 2.47. The molecule has 3 rings (SSSR count). The lowest BCUT2D eigenvalue weighted by Gasteiger charge is -2.28. The number of hydrogen-bond donors (Lipinski definition) is 3. The van der Waals surface area contributed by atoms with Gasteiger partial charge in [-0.25, -0.2) is 9.78 Å². The summed E-state index contributed by atoms with van der Waals surface area (Å²) in [6, 6.07) is 5.11. The number of benzene rings is 1. The van der Waals surface area contributed by atoms with Crippen molar-refractivity contribution in [3.8, 4) is 0 Å². The Labute approximate surface area is 158 Å². The summed E-state index contributed by atoms with van der Waals surface area (Å²) in [7, 11) is 1.33. The number of amides is 2. The fraction of sp³-hybridized carbons (Fsp3) is 0.375. The topological polar surface area (TPSA) is 109 Å². The van der Waals surface area contributed by atoms with Crippen LogP contribution < -0.4 is 16.0 Å². The maximum absolute atomic E-state index is 12.1. The molecular formula is C16H18N4O4S2. The van der Waals surface area contributed by atoms with Crippen LogP contribution in [0.2, 0.25) is 0 Å². The second-order valence-electron chi connectivity index (χ2n) is 5.77. The minimum atomic E-state index is -0.418. The molecule has 1 fully saturated rings. The average molecular weight is 394 g/mol. The molecule has 1 aromatic heterocycles. The van der Waals surface area contributed by atoms with Crippen molar-refractivity contribution in [2.75, 3.05) is 18.2 Å². The number of ether oxygens (including phenoxy) is 1. The number of methoxy groups -OCH3 is 1. The first-order valence-corrected chi connectivity index (χ1v) is 9.77. The van der Waals surface area contributed by atoms with Gasteiger partial charge < -0.3 is 15.4 Å². The molecule has 1 aliphatic rings. The quantitative estimate of drug-likeness (QED) is 0.660. The Morgan fingerprint density at radius 3 is 3.00 bits per heavy atom. The molecule has 26 heavy (non-hydrogen) atoms. The van der Waals surface area contributed by atoms with Crippen LogP contribution >= 0.6 is 23.1 Å². The third-order valence-electron chi connectivity index (χ3n) is 3.66. The molecule has 1 aromatic carbocycles. The van der Waals surface area contributed by atoms with E-state index in [0.717, 1.165) is 4.70 Å². The molecule has 2 amide bonds. The summed E-state index contributed by atoms with van der Waals surface area (Å²) < 4.78 is 5.48. The van der Waals surface area contributed by atoms with Crippen LogP contribution in [-0.4, -0.2) is 47.2 Å². The van der Waals surface area contributed by atoms with Crippen LogP contribution in [0, 0.1) is 0 Å². The Kier molecular flexibility index (Phi) is 5.74. The molecule has 2 atom stereocenters. The largest absolute Gasteiger partial charge is 0.465 e. The smallest absolute Gasteiger partial charge is 0.337 e. The highest BCUT2D eigenvalue weighted by atomic mass is 32.2. The maximum Gasteiger partial charge on any atom is 0.337 e. The molecule has 0 radical (unpaired) electrons. The average Bonchev–Trinajstić information content (AvgIpc) is 2.99. The van der Waals surface area contributed by atoms with Crippen LogP contribution in [0.1, 0.15) is 23.7 Å². The van der Waals surface area contributed by atoms with E-state index in [9.17, 15) is 14.4 Å². The third-order valence-corrected chi connectivity index (χ3v) is 5.61. The van der Waals surface area contributed by atoms with Gasteiger partial charge >= 0.3 is 5.97 Å². The Morgan fingerprint density at radius 2 is 2.27 bits per heavy atom. The molecule has 0 saturated carbocycles. The Balaban J connectivity index is 1.58. The zero-order valence-electron chi connectivity index (χ0n) is 14.2. The Hall–Kier alpha value is -2.17. The van der Waals surface area contributed by atoms with Gasteiger partial charge in [-0.3, -0.25) is 14.9 Å². The predicted octanol–water partition coefficient (Wildman–Crippen LogP) is 1.54. The Bertz CT molecular complexity index is 854. The summed E-state index contributed by atoms with van der Waals surface area (Å²) in [4.78, 5) is 39.6. The van der Waals surface area contributed by atoms with Gasteiger partial charge in [0, 0.05) is 12.5 Å². The number of esters is 1. The van der Waals surface area contributed by atoms with E-state index in [1.165, 1.54) is 30.2 Å². The van der Waals surface area contributed by atoms with Crippen LogP contribution in [0.25, 0.3) is 10.2 Å². The summed E-state index contributed by atoms with van der Waals surface area (Å²) in [6.07, 6.45) is 0.433. The van der Waals surface area contributed by atoms with Crippen molar-refractivity contribution >= 4 is 56.2 Å². The first kappa shape index (κ1) is 18.6. The summed E-state index contributed by atoms with van der Waals surface area (Å²) in [5.74, 6) is -0.481. The lowest BCUT2D eigenvalue weighted by molar-refractivity contribution is -0.123. The number of carbonyl (C=O) groups excluding carboxylic acids is 3. The van der Waals surface area contributed by atoms with E-state index in [-0.39, 0.29) is 29.1 Å². The number of nitrogens with one attached hydrogen (secondary N) is 3. The number of hydrogen-bond acceptors (Lipinski definition) is 8. The molecule has 138 valence electrons. The molecule has 2 aromatic rings. The second kappa shape index (κ2) is 8.02. The minimum absolute atomic E-state index is 0.0262. The summed E-state index contributed by atoms with van der Waals surface area (Å²) in [5, 5.41) is 9.20. The SMILES string of the molecule is COC(=O)c1ccc2nc(NC(=O)CSC3NC(=O)CC(C)N3)sc2c1. The minimum Gasteiger partial charge on any atom is -0.465 e. The normalized spacial score (nSPS) is 19.8. The highest BCUT2D eigenvalue weighted by Gasteiger charge is 2.23. The molecule has 0 aliphatic carbocycles. The second-order valence-corrected chi connectivity index (χ2v) is 7.90. The van der Waals surface area contributed by atoms with Gasteiger partial charge in [-0.1, -0.05) is 11.3 Å². The predicted molar refractivity (Wildman–Crippen MR) is 101 cm³/mol. The number of thiazole rings is 1. The van der Waals surface area contributed by atoms with E-state index in [1.54, 1.807) is 18.2 Å². The number of aromatic nitrogens is 1. The van der Waals surface area contributed by atoms with Gasteiger partial charge in [-0.2, -0.15) is 0 Å². The first-order chi connectivity index (χ1) is 12.4. The van der Waals surface area contributed by atoms with Gasteiger partial charge in [0.25, 0.3) is 0 Å². The first-order valence-electron chi connectivity index (χ1n) is 7.90. The summed E-state index contributed by atoms with van der Waals surface area (Å²) >= 11 is 2.59. The molecule has 2 unspecified atom stereocenters. The zero-order chi connectivity index (χ0) is 18.7. The van der Waals surface area contributed by atoms with Crippen molar-refractivity contribution in [1.82, 2.24) is 15.6 Å².